The number of methoxy groups -OCH3 is 3. The Morgan fingerprint density at radius 1 is 0.711 bits per heavy atom. The molecule has 0 radical (unpaired) electrons. The van der Waals surface area contributed by atoms with Crippen molar-refractivity contribution in [2.24, 2.45) is 0 Å². The van der Waals surface area contributed by atoms with E-state index < -0.39 is 0 Å². The minimum atomic E-state index is -0.176. The van der Waals surface area contributed by atoms with Gasteiger partial charge in [0.15, 0.2) is 11.5 Å². The second kappa shape index (κ2) is 12.2. The summed E-state index contributed by atoms with van der Waals surface area (Å²) in [4.78, 5) is 30.0. The summed E-state index contributed by atoms with van der Waals surface area (Å²) in [5.74, 6) is 0.904. The fraction of sp³-hybridized carbons (Fsp3) is 0.241. The zero-order valence-electron chi connectivity index (χ0n) is 21.4. The van der Waals surface area contributed by atoms with Crippen molar-refractivity contribution in [1.82, 2.24) is 9.80 Å². The number of hydrogen-bond donors (Lipinski definition) is 0. The van der Waals surface area contributed by atoms with Crippen LogP contribution in [0, 0.1) is 0 Å². The van der Waals surface area contributed by atoms with Gasteiger partial charge < -0.3 is 24.0 Å². The minimum Gasteiger partial charge on any atom is -0.493 e. The molecule has 0 atom stereocenters. The van der Waals surface area contributed by atoms with E-state index in [1.165, 1.54) is 21.3 Å². The van der Waals surface area contributed by atoms with Crippen LogP contribution in [0.4, 0.5) is 0 Å². The first-order chi connectivity index (χ1) is 18.3. The normalized spacial score (nSPS) is 13.1. The summed E-state index contributed by atoms with van der Waals surface area (Å²) in [7, 11) is 4.52. The fourth-order valence-corrected chi connectivity index (χ4v) is 4.76. The van der Waals surface area contributed by atoms with E-state index in [4.69, 9.17) is 37.4 Å². The molecule has 2 amide bonds. The molecule has 1 aliphatic heterocycles. The van der Waals surface area contributed by atoms with Crippen molar-refractivity contribution >= 4 is 40.6 Å². The van der Waals surface area contributed by atoms with E-state index in [1.54, 1.807) is 40.1 Å². The van der Waals surface area contributed by atoms with Gasteiger partial charge in [-0.3, -0.25) is 9.59 Å². The molecule has 0 bridgehead atoms. The van der Waals surface area contributed by atoms with Crippen molar-refractivity contribution in [2.75, 3.05) is 47.5 Å². The first-order valence-electron chi connectivity index (χ1n) is 12.0. The number of ether oxygens (including phenoxy) is 3. The highest BCUT2D eigenvalue weighted by Gasteiger charge is 2.26. The lowest BCUT2D eigenvalue weighted by Crippen LogP contribution is -2.50. The standard InChI is InChI=1S/C29H28Cl2N2O5/c1-36-25-16-21(17-26(37-2)28(25)38-3)29(35)33-12-10-32(11-13-33)27(34)18-24(19-6-4-8-22(30)14-19)20-7-5-9-23(31)15-20/h4-9,14-18H,10-13H2,1-3H3. The maximum absolute atomic E-state index is 13.3. The Balaban J connectivity index is 1.52. The molecule has 0 saturated carbocycles. The molecule has 1 saturated heterocycles. The first kappa shape index (κ1) is 27.4. The third-order valence-corrected chi connectivity index (χ3v) is 6.80. The van der Waals surface area contributed by atoms with E-state index in [9.17, 15) is 9.59 Å². The Kier molecular flexibility index (Phi) is 8.81. The number of halogens is 2. The van der Waals surface area contributed by atoms with Crippen LogP contribution >= 0.6 is 23.2 Å². The molecule has 1 fully saturated rings. The molecule has 4 rings (SSSR count). The van der Waals surface area contributed by atoms with Crippen molar-refractivity contribution in [3.05, 3.63) is 93.5 Å². The van der Waals surface area contributed by atoms with Crippen LogP contribution in [-0.2, 0) is 4.79 Å². The van der Waals surface area contributed by atoms with Gasteiger partial charge in [0.25, 0.3) is 5.91 Å². The van der Waals surface area contributed by atoms with E-state index in [-0.39, 0.29) is 11.8 Å². The van der Waals surface area contributed by atoms with Crippen molar-refractivity contribution in [3.8, 4) is 17.2 Å². The van der Waals surface area contributed by atoms with Gasteiger partial charge in [0, 0.05) is 47.9 Å². The number of hydrogen-bond acceptors (Lipinski definition) is 5. The summed E-state index contributed by atoms with van der Waals surface area (Å²) < 4.78 is 16.1. The average molecular weight is 555 g/mol. The zero-order chi connectivity index (χ0) is 27.2. The van der Waals surface area contributed by atoms with Crippen LogP contribution < -0.4 is 14.2 Å². The first-order valence-corrected chi connectivity index (χ1v) is 12.7. The maximum Gasteiger partial charge on any atom is 0.254 e. The van der Waals surface area contributed by atoms with Gasteiger partial charge in [-0.25, -0.2) is 0 Å². The van der Waals surface area contributed by atoms with Gasteiger partial charge in [0.2, 0.25) is 11.7 Å². The molecule has 3 aromatic rings. The van der Waals surface area contributed by atoms with Gasteiger partial charge in [-0.1, -0.05) is 47.5 Å². The van der Waals surface area contributed by atoms with Gasteiger partial charge in [0.05, 0.1) is 21.3 Å². The highest BCUT2D eigenvalue weighted by Crippen LogP contribution is 2.38. The molecule has 0 N–H and O–H groups in total. The van der Waals surface area contributed by atoms with Crippen molar-refractivity contribution in [3.63, 3.8) is 0 Å². The molecule has 0 aliphatic carbocycles. The van der Waals surface area contributed by atoms with Crippen LogP contribution in [0.25, 0.3) is 5.57 Å². The largest absolute Gasteiger partial charge is 0.493 e. The van der Waals surface area contributed by atoms with Crippen LogP contribution in [0.5, 0.6) is 17.2 Å². The molecule has 198 valence electrons. The molecule has 7 nitrogen and oxygen atoms in total. The summed E-state index contributed by atoms with van der Waals surface area (Å²) in [5.41, 5.74) is 2.76. The third-order valence-electron chi connectivity index (χ3n) is 6.33. The van der Waals surface area contributed by atoms with Crippen LogP contribution in [0.1, 0.15) is 21.5 Å². The molecule has 38 heavy (non-hydrogen) atoms. The van der Waals surface area contributed by atoms with Crippen LogP contribution in [-0.4, -0.2) is 69.1 Å². The number of carbonyl (C=O) groups is 2. The Morgan fingerprint density at radius 3 is 1.66 bits per heavy atom. The van der Waals surface area contributed by atoms with Crippen LogP contribution in [0.15, 0.2) is 66.7 Å². The maximum atomic E-state index is 13.3. The lowest BCUT2D eigenvalue weighted by Gasteiger charge is -2.34. The Bertz CT molecular complexity index is 1290. The SMILES string of the molecule is COc1cc(C(=O)N2CCN(C(=O)C=C(c3cccc(Cl)c3)c3cccc(Cl)c3)CC2)cc(OC)c1OC. The molecule has 3 aromatic carbocycles. The Hall–Kier alpha value is -3.68. The van der Waals surface area contributed by atoms with Crippen molar-refractivity contribution < 1.29 is 23.8 Å². The third kappa shape index (κ3) is 6.06. The fourth-order valence-electron chi connectivity index (χ4n) is 4.38. The molecule has 1 heterocycles. The second-order valence-corrected chi connectivity index (χ2v) is 9.48. The van der Waals surface area contributed by atoms with Crippen molar-refractivity contribution in [2.45, 2.75) is 0 Å². The average Bonchev–Trinajstić information content (AvgIpc) is 2.94. The monoisotopic (exact) mass is 554 g/mol. The summed E-state index contributed by atoms with van der Waals surface area (Å²) in [6.07, 6.45) is 1.61. The summed E-state index contributed by atoms with van der Waals surface area (Å²) in [6, 6.07) is 17.9. The zero-order valence-corrected chi connectivity index (χ0v) is 22.9. The van der Waals surface area contributed by atoms with E-state index in [2.05, 4.69) is 0 Å². The molecule has 9 heteroatoms. The van der Waals surface area contributed by atoms with Gasteiger partial charge in [-0.2, -0.15) is 0 Å². The summed E-state index contributed by atoms with van der Waals surface area (Å²) >= 11 is 12.5. The van der Waals surface area contributed by atoms with Gasteiger partial charge >= 0.3 is 0 Å². The Morgan fingerprint density at radius 2 is 1.21 bits per heavy atom. The molecular formula is C29H28Cl2N2O5. The van der Waals surface area contributed by atoms with E-state index in [0.29, 0.717) is 59.0 Å². The quantitative estimate of drug-likeness (QED) is 0.364. The van der Waals surface area contributed by atoms with E-state index in [1.807, 2.05) is 36.4 Å². The molecule has 0 unspecified atom stereocenters. The van der Waals surface area contributed by atoms with Gasteiger partial charge in [0.1, 0.15) is 0 Å². The van der Waals surface area contributed by atoms with Crippen LogP contribution in [0.3, 0.4) is 0 Å². The number of benzene rings is 3. The lowest BCUT2D eigenvalue weighted by molar-refractivity contribution is -0.127. The topological polar surface area (TPSA) is 68.3 Å². The predicted octanol–water partition coefficient (Wildman–Crippen LogP) is 5.44. The number of piperazine rings is 1. The summed E-state index contributed by atoms with van der Waals surface area (Å²) in [5, 5.41) is 1.14. The number of carbonyl (C=O) groups excluding carboxylic acids is 2. The van der Waals surface area contributed by atoms with Crippen LogP contribution in [0.2, 0.25) is 10.0 Å². The molecule has 0 spiro atoms. The number of nitrogens with zero attached hydrogens (tertiary/aromatic N) is 2. The van der Waals surface area contributed by atoms with Gasteiger partial charge in [-0.15, -0.1) is 0 Å². The van der Waals surface area contributed by atoms with Gasteiger partial charge in [-0.05, 0) is 53.1 Å². The number of rotatable bonds is 7. The Labute approximate surface area is 232 Å². The second-order valence-electron chi connectivity index (χ2n) is 8.61. The predicted molar refractivity (Wildman–Crippen MR) is 149 cm³/mol. The highest BCUT2D eigenvalue weighted by atomic mass is 35.5. The van der Waals surface area contributed by atoms with E-state index in [0.717, 1.165) is 16.7 Å². The van der Waals surface area contributed by atoms with E-state index >= 15 is 0 Å². The lowest BCUT2D eigenvalue weighted by atomic mass is 9.97. The summed E-state index contributed by atoms with van der Waals surface area (Å²) in [6.45, 7) is 1.56. The molecular weight excluding hydrogens is 527 g/mol. The molecule has 0 aromatic heterocycles. The molecule has 1 aliphatic rings. The smallest absolute Gasteiger partial charge is 0.254 e. The highest BCUT2D eigenvalue weighted by molar-refractivity contribution is 6.31. The van der Waals surface area contributed by atoms with Crippen molar-refractivity contribution in [1.29, 1.82) is 0 Å². The number of amides is 2. The minimum absolute atomic E-state index is 0.153.